The number of amides is 1. The Morgan fingerprint density at radius 2 is 1.94 bits per heavy atom. The molecule has 1 atom stereocenters. The number of hydrogen-bond acceptors (Lipinski definition) is 6. The van der Waals surface area contributed by atoms with Crippen LogP contribution in [-0.4, -0.2) is 29.7 Å². The fourth-order valence-corrected chi connectivity index (χ4v) is 4.76. The summed E-state index contributed by atoms with van der Waals surface area (Å²) >= 11 is 1.26. The summed E-state index contributed by atoms with van der Waals surface area (Å²) in [6, 6.07) is 21.1. The summed E-state index contributed by atoms with van der Waals surface area (Å²) in [5.74, 6) is -0.0763. The van der Waals surface area contributed by atoms with Crippen molar-refractivity contribution >= 4 is 29.3 Å². The molecule has 4 rings (SSSR count). The molecule has 0 saturated carbocycles. The number of anilines is 1. The number of rotatable bonds is 6. The van der Waals surface area contributed by atoms with E-state index in [1.165, 1.54) is 24.4 Å². The van der Waals surface area contributed by atoms with Gasteiger partial charge < -0.3 is 10.1 Å². The van der Waals surface area contributed by atoms with Gasteiger partial charge >= 0.3 is 5.97 Å². The Morgan fingerprint density at radius 1 is 1.18 bits per heavy atom. The van der Waals surface area contributed by atoms with E-state index in [-0.39, 0.29) is 11.7 Å². The van der Waals surface area contributed by atoms with Gasteiger partial charge in [0, 0.05) is 11.4 Å². The van der Waals surface area contributed by atoms with E-state index in [9.17, 15) is 14.9 Å². The molecule has 33 heavy (non-hydrogen) atoms. The third-order valence-corrected chi connectivity index (χ3v) is 6.66. The predicted molar refractivity (Wildman–Crippen MR) is 127 cm³/mol. The van der Waals surface area contributed by atoms with Crippen molar-refractivity contribution < 1.29 is 14.3 Å². The number of fused-ring (bicyclic) bond motifs is 1. The average molecular weight is 458 g/mol. The topological polar surface area (TPSA) is 92.1 Å². The Labute approximate surface area is 197 Å². The van der Waals surface area contributed by atoms with E-state index in [0.29, 0.717) is 27.8 Å². The van der Waals surface area contributed by atoms with Crippen LogP contribution in [0.4, 0.5) is 5.69 Å². The zero-order valence-corrected chi connectivity index (χ0v) is 19.0. The number of ether oxygens (including phenoxy) is 1. The number of benzene rings is 2. The molecule has 166 valence electrons. The number of carbonyl (C=O) groups excluding carboxylic acids is 2. The SMILES string of the molecule is COC(=O)c1ccc(NC(=O)CSc2nc3c(cc2C#N)C[C@H](c2ccccc2)CC3)cc1. The van der Waals surface area contributed by atoms with Crippen LogP contribution in [0.2, 0.25) is 0 Å². The van der Waals surface area contributed by atoms with Crippen LogP contribution < -0.4 is 5.32 Å². The van der Waals surface area contributed by atoms with Gasteiger partial charge in [0.05, 0.1) is 24.0 Å². The quantitative estimate of drug-likeness (QED) is 0.424. The van der Waals surface area contributed by atoms with E-state index < -0.39 is 5.97 Å². The molecule has 0 unspecified atom stereocenters. The first-order chi connectivity index (χ1) is 16.1. The van der Waals surface area contributed by atoms with Crippen molar-refractivity contribution in [2.24, 2.45) is 0 Å². The van der Waals surface area contributed by atoms with Gasteiger partial charge in [-0.1, -0.05) is 42.1 Å². The lowest BCUT2D eigenvalue weighted by molar-refractivity contribution is -0.113. The third kappa shape index (κ3) is 5.41. The van der Waals surface area contributed by atoms with Crippen molar-refractivity contribution in [1.82, 2.24) is 4.98 Å². The van der Waals surface area contributed by atoms with Crippen LogP contribution in [0, 0.1) is 11.3 Å². The molecule has 2 aromatic carbocycles. The fraction of sp³-hybridized carbons (Fsp3) is 0.231. The van der Waals surface area contributed by atoms with Gasteiger partial charge in [0.2, 0.25) is 5.91 Å². The Kier molecular flexibility index (Phi) is 7.06. The molecule has 0 fully saturated rings. The summed E-state index contributed by atoms with van der Waals surface area (Å²) < 4.78 is 4.67. The second-order valence-electron chi connectivity index (χ2n) is 7.81. The van der Waals surface area contributed by atoms with Gasteiger partial charge in [0.15, 0.2) is 0 Å². The minimum Gasteiger partial charge on any atom is -0.465 e. The molecule has 0 aliphatic heterocycles. The zero-order valence-electron chi connectivity index (χ0n) is 18.2. The second-order valence-corrected chi connectivity index (χ2v) is 8.78. The molecule has 1 aliphatic carbocycles. The highest BCUT2D eigenvalue weighted by Crippen LogP contribution is 2.34. The summed E-state index contributed by atoms with van der Waals surface area (Å²) in [6.07, 6.45) is 2.74. The highest BCUT2D eigenvalue weighted by atomic mass is 32.2. The molecule has 1 N–H and O–H groups in total. The molecule has 1 heterocycles. The van der Waals surface area contributed by atoms with Crippen LogP contribution in [0.3, 0.4) is 0 Å². The molecule has 3 aromatic rings. The second kappa shape index (κ2) is 10.3. The number of methoxy groups -OCH3 is 1. The van der Waals surface area contributed by atoms with Crippen molar-refractivity contribution in [3.05, 3.63) is 88.6 Å². The zero-order chi connectivity index (χ0) is 23.2. The van der Waals surface area contributed by atoms with Crippen molar-refractivity contribution in [1.29, 1.82) is 5.26 Å². The number of pyridine rings is 1. The molecule has 0 saturated heterocycles. The Bertz CT molecular complexity index is 1200. The van der Waals surface area contributed by atoms with Crippen molar-refractivity contribution in [2.45, 2.75) is 30.2 Å². The molecule has 0 spiro atoms. The van der Waals surface area contributed by atoms with Gasteiger partial charge in [0.25, 0.3) is 0 Å². The number of hydrogen-bond donors (Lipinski definition) is 1. The monoisotopic (exact) mass is 457 g/mol. The molecular weight excluding hydrogens is 434 g/mol. The highest BCUT2D eigenvalue weighted by Gasteiger charge is 2.23. The van der Waals surface area contributed by atoms with Gasteiger partial charge in [-0.25, -0.2) is 9.78 Å². The lowest BCUT2D eigenvalue weighted by Crippen LogP contribution is -2.16. The smallest absolute Gasteiger partial charge is 0.337 e. The number of esters is 1. The van der Waals surface area contributed by atoms with Gasteiger partial charge in [0.1, 0.15) is 11.1 Å². The van der Waals surface area contributed by atoms with E-state index >= 15 is 0 Å². The number of aromatic nitrogens is 1. The van der Waals surface area contributed by atoms with Crippen molar-refractivity contribution in [3.63, 3.8) is 0 Å². The van der Waals surface area contributed by atoms with Crippen LogP contribution in [0.15, 0.2) is 65.7 Å². The largest absolute Gasteiger partial charge is 0.465 e. The molecule has 1 aromatic heterocycles. The lowest BCUT2D eigenvalue weighted by atomic mass is 9.82. The first-order valence-electron chi connectivity index (χ1n) is 10.7. The van der Waals surface area contributed by atoms with Gasteiger partial charge in [-0.3, -0.25) is 4.79 Å². The lowest BCUT2D eigenvalue weighted by Gasteiger charge is -2.25. The van der Waals surface area contributed by atoms with Gasteiger partial charge in [-0.05, 0) is 66.6 Å². The summed E-state index contributed by atoms with van der Waals surface area (Å²) in [4.78, 5) is 28.7. The van der Waals surface area contributed by atoms with Crippen molar-refractivity contribution in [2.75, 3.05) is 18.2 Å². The Morgan fingerprint density at radius 3 is 2.64 bits per heavy atom. The number of aryl methyl sites for hydroxylation is 1. The first kappa shape index (κ1) is 22.6. The molecule has 1 aliphatic rings. The number of thioether (sulfide) groups is 1. The standard InChI is InChI=1S/C26H23N3O3S/c1-32-26(31)18-7-10-22(11-8-18)28-24(30)16-33-25-21(15-27)14-20-13-19(9-12-23(20)29-25)17-5-3-2-4-6-17/h2-8,10-11,14,19H,9,12-13,16H2,1H3,(H,28,30)/t19-/m1/s1. The van der Waals surface area contributed by atoms with Crippen LogP contribution in [-0.2, 0) is 22.4 Å². The number of nitrogens with one attached hydrogen (secondary N) is 1. The van der Waals surface area contributed by atoms with E-state index in [4.69, 9.17) is 4.98 Å². The Hall–Kier alpha value is -3.63. The summed E-state index contributed by atoms with van der Waals surface area (Å²) in [5, 5.41) is 13.0. The average Bonchev–Trinajstić information content (AvgIpc) is 2.87. The van der Waals surface area contributed by atoms with E-state index in [1.54, 1.807) is 24.3 Å². The number of nitriles is 1. The summed E-state index contributed by atoms with van der Waals surface area (Å²) in [5.41, 5.74) is 4.95. The summed E-state index contributed by atoms with van der Waals surface area (Å²) in [7, 11) is 1.32. The first-order valence-corrected chi connectivity index (χ1v) is 11.6. The molecule has 0 bridgehead atoms. The van der Waals surface area contributed by atoms with Gasteiger partial charge in [-0.2, -0.15) is 5.26 Å². The number of carbonyl (C=O) groups is 2. The maximum atomic E-state index is 12.4. The predicted octanol–water partition coefficient (Wildman–Crippen LogP) is 4.74. The minimum atomic E-state index is -0.430. The maximum Gasteiger partial charge on any atom is 0.337 e. The molecule has 7 heteroatoms. The Balaban J connectivity index is 1.40. The fourth-order valence-electron chi connectivity index (χ4n) is 3.98. The maximum absolute atomic E-state index is 12.4. The van der Waals surface area contributed by atoms with Crippen LogP contribution in [0.25, 0.3) is 0 Å². The van der Waals surface area contributed by atoms with Crippen LogP contribution >= 0.6 is 11.8 Å². The minimum absolute atomic E-state index is 0.131. The number of nitrogens with zero attached hydrogens (tertiary/aromatic N) is 2. The van der Waals surface area contributed by atoms with E-state index in [1.807, 2.05) is 12.1 Å². The van der Waals surface area contributed by atoms with E-state index in [2.05, 4.69) is 40.4 Å². The summed E-state index contributed by atoms with van der Waals surface area (Å²) in [6.45, 7) is 0. The van der Waals surface area contributed by atoms with E-state index in [0.717, 1.165) is 30.5 Å². The normalized spacial score (nSPS) is 14.6. The highest BCUT2D eigenvalue weighted by molar-refractivity contribution is 8.00. The van der Waals surface area contributed by atoms with Crippen LogP contribution in [0.1, 0.15) is 45.1 Å². The third-order valence-electron chi connectivity index (χ3n) is 5.67. The molecule has 6 nitrogen and oxygen atoms in total. The molecule has 1 amide bonds. The van der Waals surface area contributed by atoms with Gasteiger partial charge in [-0.15, -0.1) is 0 Å². The van der Waals surface area contributed by atoms with Crippen molar-refractivity contribution in [3.8, 4) is 6.07 Å². The molecular formula is C26H23N3O3S. The molecule has 0 radical (unpaired) electrons. The van der Waals surface area contributed by atoms with Crippen LogP contribution in [0.5, 0.6) is 0 Å².